The van der Waals surface area contributed by atoms with Crippen LogP contribution in [0.3, 0.4) is 0 Å². The SMILES string of the molecule is Cn1ncc2c(=O)n(CC(=O)c3ccccc3Cl)cnc21. The molecule has 2 heterocycles. The van der Waals surface area contributed by atoms with E-state index in [0.717, 1.165) is 0 Å². The Bertz CT molecular complexity index is 897. The third-order valence-electron chi connectivity index (χ3n) is 3.21. The topological polar surface area (TPSA) is 69.8 Å². The Labute approximate surface area is 124 Å². The molecule has 21 heavy (non-hydrogen) atoms. The minimum Gasteiger partial charge on any atom is -0.292 e. The molecule has 0 bridgehead atoms. The highest BCUT2D eigenvalue weighted by Crippen LogP contribution is 2.16. The van der Waals surface area contributed by atoms with Crippen LogP contribution < -0.4 is 5.56 Å². The number of rotatable bonds is 3. The third kappa shape index (κ3) is 2.34. The molecule has 1 aromatic carbocycles. The van der Waals surface area contributed by atoms with E-state index in [0.29, 0.717) is 21.6 Å². The van der Waals surface area contributed by atoms with E-state index in [1.54, 1.807) is 31.3 Å². The van der Waals surface area contributed by atoms with Gasteiger partial charge in [-0.2, -0.15) is 5.10 Å². The summed E-state index contributed by atoms with van der Waals surface area (Å²) in [6.07, 6.45) is 2.79. The van der Waals surface area contributed by atoms with Gasteiger partial charge in [0.2, 0.25) is 0 Å². The predicted octanol–water partition coefficient (Wildman–Crippen LogP) is 1.67. The Morgan fingerprint density at radius 2 is 2.10 bits per heavy atom. The molecule has 2 aromatic heterocycles. The van der Waals surface area contributed by atoms with Gasteiger partial charge < -0.3 is 0 Å². The molecule has 106 valence electrons. The Hall–Kier alpha value is -2.47. The first kappa shape index (κ1) is 13.5. The summed E-state index contributed by atoms with van der Waals surface area (Å²) in [6.45, 7) is -0.111. The van der Waals surface area contributed by atoms with Gasteiger partial charge in [-0.05, 0) is 12.1 Å². The third-order valence-corrected chi connectivity index (χ3v) is 3.54. The molecule has 0 amide bonds. The summed E-state index contributed by atoms with van der Waals surface area (Å²) >= 11 is 5.99. The molecule has 3 aromatic rings. The quantitative estimate of drug-likeness (QED) is 0.690. The number of halogens is 1. The first-order valence-corrected chi connectivity index (χ1v) is 6.60. The van der Waals surface area contributed by atoms with Gasteiger partial charge in [0.25, 0.3) is 5.56 Å². The van der Waals surface area contributed by atoms with Crippen LogP contribution in [0.15, 0.2) is 41.6 Å². The number of Topliss-reactive ketones (excluding diaryl/α,β-unsaturated/α-hetero) is 1. The highest BCUT2D eigenvalue weighted by atomic mass is 35.5. The van der Waals surface area contributed by atoms with Crippen LogP contribution >= 0.6 is 11.6 Å². The normalized spacial score (nSPS) is 11.0. The number of hydrogen-bond acceptors (Lipinski definition) is 4. The van der Waals surface area contributed by atoms with E-state index in [-0.39, 0.29) is 17.9 Å². The van der Waals surface area contributed by atoms with Gasteiger partial charge in [0.15, 0.2) is 11.4 Å². The van der Waals surface area contributed by atoms with Crippen LogP contribution in [0, 0.1) is 0 Å². The van der Waals surface area contributed by atoms with Crippen molar-refractivity contribution in [3.05, 3.63) is 57.7 Å². The zero-order valence-electron chi connectivity index (χ0n) is 11.2. The van der Waals surface area contributed by atoms with Crippen molar-refractivity contribution in [2.45, 2.75) is 6.54 Å². The molecule has 7 heteroatoms. The molecule has 0 aliphatic carbocycles. The molecule has 0 N–H and O–H groups in total. The van der Waals surface area contributed by atoms with E-state index in [2.05, 4.69) is 10.1 Å². The summed E-state index contributed by atoms with van der Waals surface area (Å²) in [5.74, 6) is -0.243. The minimum atomic E-state index is -0.298. The number of carbonyl (C=O) groups excluding carboxylic acids is 1. The first-order chi connectivity index (χ1) is 10.1. The summed E-state index contributed by atoms with van der Waals surface area (Å²) in [4.78, 5) is 28.7. The lowest BCUT2D eigenvalue weighted by Crippen LogP contribution is -2.24. The van der Waals surface area contributed by atoms with Crippen LogP contribution in [0.25, 0.3) is 11.0 Å². The smallest absolute Gasteiger partial charge is 0.264 e. The molecule has 0 spiro atoms. The van der Waals surface area contributed by atoms with Crippen molar-refractivity contribution >= 4 is 28.4 Å². The van der Waals surface area contributed by atoms with E-state index >= 15 is 0 Å². The van der Waals surface area contributed by atoms with Crippen molar-refractivity contribution in [1.29, 1.82) is 0 Å². The van der Waals surface area contributed by atoms with Gasteiger partial charge >= 0.3 is 0 Å². The van der Waals surface area contributed by atoms with Gasteiger partial charge in [-0.25, -0.2) is 4.98 Å². The largest absolute Gasteiger partial charge is 0.292 e. The van der Waals surface area contributed by atoms with Crippen LogP contribution in [0.5, 0.6) is 0 Å². The van der Waals surface area contributed by atoms with Crippen LogP contribution in [0.4, 0.5) is 0 Å². The van der Waals surface area contributed by atoms with E-state index < -0.39 is 0 Å². The monoisotopic (exact) mass is 302 g/mol. The first-order valence-electron chi connectivity index (χ1n) is 6.23. The second-order valence-corrected chi connectivity index (χ2v) is 4.99. The van der Waals surface area contributed by atoms with Crippen LogP contribution in [-0.4, -0.2) is 25.1 Å². The lowest BCUT2D eigenvalue weighted by Gasteiger charge is -2.06. The number of benzene rings is 1. The maximum Gasteiger partial charge on any atom is 0.264 e. The van der Waals surface area contributed by atoms with Gasteiger partial charge in [0.05, 0.1) is 17.8 Å². The van der Waals surface area contributed by atoms with Gasteiger partial charge in [-0.3, -0.25) is 18.8 Å². The summed E-state index contributed by atoms with van der Waals surface area (Å²) in [7, 11) is 1.70. The zero-order chi connectivity index (χ0) is 15.0. The molecular weight excluding hydrogens is 292 g/mol. The number of ketones is 1. The molecule has 0 fully saturated rings. The molecule has 0 aliphatic rings. The maximum absolute atomic E-state index is 12.3. The van der Waals surface area contributed by atoms with E-state index in [1.165, 1.54) is 21.8 Å². The van der Waals surface area contributed by atoms with Crippen LogP contribution in [-0.2, 0) is 13.6 Å². The molecule has 0 aliphatic heterocycles. The fraction of sp³-hybridized carbons (Fsp3) is 0.143. The minimum absolute atomic E-state index is 0.111. The Morgan fingerprint density at radius 3 is 2.86 bits per heavy atom. The molecule has 3 rings (SSSR count). The maximum atomic E-state index is 12.3. The van der Waals surface area contributed by atoms with Crippen molar-refractivity contribution in [2.24, 2.45) is 7.05 Å². The van der Waals surface area contributed by atoms with Crippen LogP contribution in [0.2, 0.25) is 5.02 Å². The number of fused-ring (bicyclic) bond motifs is 1. The predicted molar refractivity (Wildman–Crippen MR) is 78.6 cm³/mol. The van der Waals surface area contributed by atoms with Crippen molar-refractivity contribution in [3.8, 4) is 0 Å². The summed E-state index contributed by atoms with van der Waals surface area (Å²) < 4.78 is 2.77. The van der Waals surface area contributed by atoms with Crippen molar-refractivity contribution < 1.29 is 4.79 Å². The molecule has 0 saturated heterocycles. The van der Waals surface area contributed by atoms with Gasteiger partial charge in [0.1, 0.15) is 11.7 Å². The van der Waals surface area contributed by atoms with Crippen molar-refractivity contribution in [2.75, 3.05) is 0 Å². The summed E-state index contributed by atoms with van der Waals surface area (Å²) in [5.41, 5.74) is 0.576. The fourth-order valence-corrected chi connectivity index (χ4v) is 2.35. The molecular formula is C14H11ClN4O2. The highest BCUT2D eigenvalue weighted by molar-refractivity contribution is 6.33. The molecule has 0 saturated carbocycles. The lowest BCUT2D eigenvalue weighted by atomic mass is 10.1. The molecule has 0 radical (unpaired) electrons. The lowest BCUT2D eigenvalue weighted by molar-refractivity contribution is 0.0971. The van der Waals surface area contributed by atoms with E-state index in [1.807, 2.05) is 0 Å². The number of aromatic nitrogens is 4. The average Bonchev–Trinajstić information content (AvgIpc) is 2.84. The summed E-state index contributed by atoms with van der Waals surface area (Å²) in [6, 6.07) is 6.74. The summed E-state index contributed by atoms with van der Waals surface area (Å²) in [5, 5.41) is 4.73. The van der Waals surface area contributed by atoms with Gasteiger partial charge in [-0.15, -0.1) is 0 Å². The van der Waals surface area contributed by atoms with Crippen molar-refractivity contribution in [3.63, 3.8) is 0 Å². The average molecular weight is 303 g/mol. The van der Waals surface area contributed by atoms with Crippen LogP contribution in [0.1, 0.15) is 10.4 Å². The molecule has 0 unspecified atom stereocenters. The standard InChI is InChI=1S/C14H11ClN4O2/c1-18-13-10(6-17-18)14(21)19(8-16-13)7-12(20)9-4-2-3-5-11(9)15/h2-6,8H,7H2,1H3. The number of carbonyl (C=O) groups is 1. The number of nitrogens with zero attached hydrogens (tertiary/aromatic N) is 4. The number of aryl methyl sites for hydroxylation is 1. The Balaban J connectivity index is 1.99. The van der Waals surface area contributed by atoms with Gasteiger partial charge in [0, 0.05) is 12.6 Å². The second kappa shape index (κ2) is 5.14. The number of hydrogen-bond donors (Lipinski definition) is 0. The Morgan fingerprint density at radius 1 is 1.33 bits per heavy atom. The van der Waals surface area contributed by atoms with E-state index in [9.17, 15) is 9.59 Å². The second-order valence-electron chi connectivity index (χ2n) is 4.59. The van der Waals surface area contributed by atoms with E-state index in [4.69, 9.17) is 11.6 Å². The highest BCUT2D eigenvalue weighted by Gasteiger charge is 2.13. The Kier molecular flexibility index (Phi) is 3.31. The molecule has 0 atom stereocenters. The van der Waals surface area contributed by atoms with Crippen molar-refractivity contribution in [1.82, 2.24) is 19.3 Å². The molecule has 6 nitrogen and oxygen atoms in total. The zero-order valence-corrected chi connectivity index (χ0v) is 11.9. The fourth-order valence-electron chi connectivity index (χ4n) is 2.11. The van der Waals surface area contributed by atoms with Gasteiger partial charge in [-0.1, -0.05) is 23.7 Å².